The normalized spacial score (nSPS) is 9.71. The van der Waals surface area contributed by atoms with Crippen molar-refractivity contribution in [2.75, 3.05) is 0 Å². The molecule has 0 aliphatic carbocycles. The molecule has 0 radical (unpaired) electrons. The molecule has 0 fully saturated rings. The molecule has 2 aromatic rings. The first-order valence-corrected chi connectivity index (χ1v) is 5.34. The fraction of sp³-hybridized carbons (Fsp3) is 0.143. The number of phenolic OH excluding ortho intramolecular Hbond substituents is 1. The Labute approximate surface area is 108 Å². The Morgan fingerprint density at radius 1 is 0.882 bits per heavy atom. The first kappa shape index (κ1) is 13.6. The molecular formula is C14H16ClNO. The summed E-state index contributed by atoms with van der Waals surface area (Å²) < 4.78 is 0. The number of hydrogen-bond donors (Lipinski definition) is 2. The average Bonchev–Trinajstić information content (AvgIpc) is 2.29. The molecule has 0 saturated carbocycles. The van der Waals surface area contributed by atoms with Crippen LogP contribution in [0.5, 0.6) is 5.75 Å². The maximum atomic E-state index is 9.37. The van der Waals surface area contributed by atoms with Crippen molar-refractivity contribution in [2.24, 2.45) is 5.73 Å². The molecule has 0 amide bonds. The molecule has 2 nitrogen and oxygen atoms in total. The zero-order valence-corrected chi connectivity index (χ0v) is 10.3. The Morgan fingerprint density at radius 2 is 1.47 bits per heavy atom. The quantitative estimate of drug-likeness (QED) is 0.879. The van der Waals surface area contributed by atoms with Crippen molar-refractivity contribution in [3.8, 4) is 5.75 Å². The number of halogens is 1. The van der Waals surface area contributed by atoms with E-state index in [1.54, 1.807) is 12.1 Å². The lowest BCUT2D eigenvalue weighted by Crippen LogP contribution is -1.97. The van der Waals surface area contributed by atoms with Crippen molar-refractivity contribution in [3.05, 3.63) is 65.2 Å². The predicted molar refractivity (Wildman–Crippen MR) is 72.5 cm³/mol. The van der Waals surface area contributed by atoms with Crippen molar-refractivity contribution >= 4 is 12.4 Å². The van der Waals surface area contributed by atoms with Crippen molar-refractivity contribution in [1.29, 1.82) is 0 Å². The highest BCUT2D eigenvalue weighted by Crippen LogP contribution is 2.15. The molecule has 17 heavy (non-hydrogen) atoms. The summed E-state index contributed by atoms with van der Waals surface area (Å²) in [5, 5.41) is 9.37. The molecule has 0 aliphatic rings. The van der Waals surface area contributed by atoms with Gasteiger partial charge in [-0.15, -0.1) is 12.4 Å². The van der Waals surface area contributed by atoms with Gasteiger partial charge in [0.1, 0.15) is 5.75 Å². The number of rotatable bonds is 3. The van der Waals surface area contributed by atoms with Gasteiger partial charge in [-0.25, -0.2) is 0 Å². The van der Waals surface area contributed by atoms with Gasteiger partial charge < -0.3 is 10.8 Å². The predicted octanol–water partition coefficient (Wildman–Crippen LogP) is 2.86. The lowest BCUT2D eigenvalue weighted by molar-refractivity contribution is 0.474. The van der Waals surface area contributed by atoms with Gasteiger partial charge >= 0.3 is 0 Å². The van der Waals surface area contributed by atoms with Gasteiger partial charge in [0.15, 0.2) is 0 Å². The summed E-state index contributed by atoms with van der Waals surface area (Å²) in [7, 11) is 0. The van der Waals surface area contributed by atoms with E-state index in [-0.39, 0.29) is 12.4 Å². The largest absolute Gasteiger partial charge is 0.508 e. The first-order valence-electron chi connectivity index (χ1n) is 5.34. The van der Waals surface area contributed by atoms with E-state index in [0.29, 0.717) is 12.3 Å². The third kappa shape index (κ3) is 3.77. The second-order valence-electron chi connectivity index (χ2n) is 3.87. The van der Waals surface area contributed by atoms with Gasteiger partial charge in [0.25, 0.3) is 0 Å². The van der Waals surface area contributed by atoms with E-state index in [1.165, 1.54) is 5.56 Å². The zero-order chi connectivity index (χ0) is 11.4. The summed E-state index contributed by atoms with van der Waals surface area (Å²) in [6, 6.07) is 15.5. The molecule has 2 aromatic carbocycles. The van der Waals surface area contributed by atoms with E-state index in [0.717, 1.165) is 17.5 Å². The number of phenols is 1. The highest BCUT2D eigenvalue weighted by atomic mass is 35.5. The van der Waals surface area contributed by atoms with E-state index in [1.807, 2.05) is 24.3 Å². The van der Waals surface area contributed by atoms with Gasteiger partial charge in [-0.05, 0) is 35.2 Å². The van der Waals surface area contributed by atoms with Crippen molar-refractivity contribution in [1.82, 2.24) is 0 Å². The van der Waals surface area contributed by atoms with Gasteiger partial charge in [-0.2, -0.15) is 0 Å². The number of benzene rings is 2. The zero-order valence-electron chi connectivity index (χ0n) is 9.47. The van der Waals surface area contributed by atoms with Crippen LogP contribution in [0, 0.1) is 0 Å². The fourth-order valence-corrected chi connectivity index (χ4v) is 1.77. The summed E-state index contributed by atoms with van der Waals surface area (Å²) in [5.74, 6) is 0.312. The standard InChI is InChI=1S/C14H15NO.ClH/c15-10-13-5-1-3-11(8-13)7-12-4-2-6-14(16)9-12;/h1-6,8-9,16H,7,10,15H2;1H. The van der Waals surface area contributed by atoms with Crippen LogP contribution >= 0.6 is 12.4 Å². The van der Waals surface area contributed by atoms with Crippen LogP contribution in [0.2, 0.25) is 0 Å². The smallest absolute Gasteiger partial charge is 0.115 e. The minimum absolute atomic E-state index is 0. The van der Waals surface area contributed by atoms with Gasteiger partial charge in [0.2, 0.25) is 0 Å². The van der Waals surface area contributed by atoms with Gasteiger partial charge in [-0.1, -0.05) is 36.4 Å². The van der Waals surface area contributed by atoms with Crippen molar-refractivity contribution < 1.29 is 5.11 Å². The molecule has 90 valence electrons. The molecule has 0 saturated heterocycles. The topological polar surface area (TPSA) is 46.2 Å². The van der Waals surface area contributed by atoms with Gasteiger partial charge in [0.05, 0.1) is 0 Å². The molecule has 0 aromatic heterocycles. The molecule has 0 spiro atoms. The molecule has 0 bridgehead atoms. The average molecular weight is 250 g/mol. The molecule has 0 unspecified atom stereocenters. The lowest BCUT2D eigenvalue weighted by Gasteiger charge is -2.04. The van der Waals surface area contributed by atoms with Crippen LogP contribution in [0.4, 0.5) is 0 Å². The molecular weight excluding hydrogens is 234 g/mol. The highest BCUT2D eigenvalue weighted by Gasteiger charge is 1.98. The molecule has 3 N–H and O–H groups in total. The molecule has 0 heterocycles. The summed E-state index contributed by atoms with van der Waals surface area (Å²) >= 11 is 0. The van der Waals surface area contributed by atoms with Crippen molar-refractivity contribution in [2.45, 2.75) is 13.0 Å². The Hall–Kier alpha value is -1.51. The Balaban J connectivity index is 0.00000144. The third-order valence-corrected chi connectivity index (χ3v) is 2.55. The highest BCUT2D eigenvalue weighted by molar-refractivity contribution is 5.85. The fourth-order valence-electron chi connectivity index (χ4n) is 1.77. The maximum absolute atomic E-state index is 9.37. The molecule has 0 aliphatic heterocycles. The number of aromatic hydroxyl groups is 1. The van der Waals surface area contributed by atoms with Crippen LogP contribution in [0.15, 0.2) is 48.5 Å². The van der Waals surface area contributed by atoms with Crippen LogP contribution in [0.25, 0.3) is 0 Å². The van der Waals surface area contributed by atoms with Crippen LogP contribution in [0.1, 0.15) is 16.7 Å². The van der Waals surface area contributed by atoms with E-state index in [9.17, 15) is 5.11 Å². The van der Waals surface area contributed by atoms with Crippen LogP contribution in [-0.2, 0) is 13.0 Å². The Bertz CT molecular complexity index is 485. The number of nitrogens with two attached hydrogens (primary N) is 1. The number of hydrogen-bond acceptors (Lipinski definition) is 2. The molecule has 0 atom stereocenters. The monoisotopic (exact) mass is 249 g/mol. The molecule has 2 rings (SSSR count). The van der Waals surface area contributed by atoms with E-state index >= 15 is 0 Å². The van der Waals surface area contributed by atoms with E-state index in [2.05, 4.69) is 12.1 Å². The summed E-state index contributed by atoms with van der Waals surface area (Å²) in [5.41, 5.74) is 9.05. The minimum atomic E-state index is 0. The summed E-state index contributed by atoms with van der Waals surface area (Å²) in [4.78, 5) is 0. The second kappa shape index (κ2) is 6.28. The minimum Gasteiger partial charge on any atom is -0.508 e. The lowest BCUT2D eigenvalue weighted by atomic mass is 10.0. The van der Waals surface area contributed by atoms with E-state index in [4.69, 9.17) is 5.73 Å². The van der Waals surface area contributed by atoms with Gasteiger partial charge in [0, 0.05) is 6.54 Å². The third-order valence-electron chi connectivity index (χ3n) is 2.55. The second-order valence-corrected chi connectivity index (χ2v) is 3.87. The Morgan fingerprint density at radius 3 is 2.12 bits per heavy atom. The van der Waals surface area contributed by atoms with Crippen LogP contribution in [0.3, 0.4) is 0 Å². The van der Waals surface area contributed by atoms with E-state index < -0.39 is 0 Å². The first-order chi connectivity index (χ1) is 7.78. The maximum Gasteiger partial charge on any atom is 0.115 e. The van der Waals surface area contributed by atoms with Gasteiger partial charge in [-0.3, -0.25) is 0 Å². The summed E-state index contributed by atoms with van der Waals surface area (Å²) in [6.45, 7) is 0.563. The Kier molecular flexibility index (Phi) is 5.01. The SMILES string of the molecule is Cl.NCc1cccc(Cc2cccc(O)c2)c1. The van der Waals surface area contributed by atoms with Crippen LogP contribution < -0.4 is 5.73 Å². The van der Waals surface area contributed by atoms with Crippen LogP contribution in [-0.4, -0.2) is 5.11 Å². The summed E-state index contributed by atoms with van der Waals surface area (Å²) in [6.07, 6.45) is 0.822. The molecule has 3 heteroatoms. The van der Waals surface area contributed by atoms with Crippen molar-refractivity contribution in [3.63, 3.8) is 0 Å².